The van der Waals surface area contributed by atoms with Gasteiger partial charge in [0, 0.05) is 15.6 Å². The number of hydrogen-bond acceptors (Lipinski definition) is 3. The van der Waals surface area contributed by atoms with E-state index in [1.54, 1.807) is 66.7 Å². The summed E-state index contributed by atoms with van der Waals surface area (Å²) in [5.74, 6) is -0.245. The highest BCUT2D eigenvalue weighted by Crippen LogP contribution is 2.33. The van der Waals surface area contributed by atoms with Crippen LogP contribution in [0.2, 0.25) is 0 Å². The number of rotatable bonds is 7. The molecule has 0 aliphatic carbocycles. The Morgan fingerprint density at radius 2 is 1.47 bits per heavy atom. The molecule has 4 aromatic rings. The van der Waals surface area contributed by atoms with Crippen LogP contribution >= 0.6 is 15.9 Å². The molecule has 0 saturated carbocycles. The third kappa shape index (κ3) is 4.98. The van der Waals surface area contributed by atoms with Crippen molar-refractivity contribution in [3.05, 3.63) is 129 Å². The standard InChI is InChI=1S/C28H24BrNO3S/c1-20-12-15-25(16-13-20)34(32,33)30(19-23-11-7-6-8-21(23)2)27-17-14-24(29)18-26(27)28(31)22-9-4-3-5-10-22/h3-18H,19H2,1-2H3. The molecule has 0 amide bonds. The predicted octanol–water partition coefficient (Wildman–Crippen LogP) is 6.69. The van der Waals surface area contributed by atoms with Crippen LogP contribution in [0.4, 0.5) is 5.69 Å². The summed E-state index contributed by atoms with van der Waals surface area (Å²) in [6.45, 7) is 3.95. The third-order valence-electron chi connectivity index (χ3n) is 5.69. The van der Waals surface area contributed by atoms with E-state index in [0.717, 1.165) is 16.7 Å². The van der Waals surface area contributed by atoms with Crippen LogP contribution in [0, 0.1) is 13.8 Å². The van der Waals surface area contributed by atoms with Gasteiger partial charge in [0.2, 0.25) is 0 Å². The topological polar surface area (TPSA) is 54.5 Å². The van der Waals surface area contributed by atoms with Crippen LogP contribution in [0.3, 0.4) is 0 Å². The van der Waals surface area contributed by atoms with Gasteiger partial charge in [0.15, 0.2) is 5.78 Å². The van der Waals surface area contributed by atoms with Gasteiger partial charge in [-0.3, -0.25) is 9.10 Å². The third-order valence-corrected chi connectivity index (χ3v) is 7.96. The molecular formula is C28H24BrNO3S. The second-order valence-electron chi connectivity index (χ2n) is 8.11. The first-order valence-corrected chi connectivity index (χ1v) is 13.0. The van der Waals surface area contributed by atoms with Crippen molar-refractivity contribution in [2.45, 2.75) is 25.3 Å². The van der Waals surface area contributed by atoms with E-state index >= 15 is 0 Å². The van der Waals surface area contributed by atoms with Crippen molar-refractivity contribution in [2.75, 3.05) is 4.31 Å². The zero-order valence-electron chi connectivity index (χ0n) is 18.9. The average Bonchev–Trinajstić information content (AvgIpc) is 2.84. The van der Waals surface area contributed by atoms with E-state index in [9.17, 15) is 13.2 Å². The Kier molecular flexibility index (Phi) is 7.00. The van der Waals surface area contributed by atoms with Gasteiger partial charge < -0.3 is 0 Å². The number of nitrogens with zero attached hydrogens (tertiary/aromatic N) is 1. The molecule has 0 fully saturated rings. The SMILES string of the molecule is Cc1ccc(S(=O)(=O)N(Cc2ccccc2C)c2ccc(Br)cc2C(=O)c2ccccc2)cc1. The lowest BCUT2D eigenvalue weighted by Crippen LogP contribution is -2.32. The van der Waals surface area contributed by atoms with E-state index < -0.39 is 10.0 Å². The highest BCUT2D eigenvalue weighted by molar-refractivity contribution is 9.10. The lowest BCUT2D eigenvalue weighted by atomic mass is 10.0. The molecular weight excluding hydrogens is 510 g/mol. The van der Waals surface area contributed by atoms with Crippen molar-refractivity contribution >= 4 is 37.4 Å². The molecule has 4 rings (SSSR count). The van der Waals surface area contributed by atoms with Crippen molar-refractivity contribution in [3.63, 3.8) is 0 Å². The van der Waals surface area contributed by atoms with Crippen LogP contribution in [0.5, 0.6) is 0 Å². The minimum absolute atomic E-state index is 0.0968. The molecule has 34 heavy (non-hydrogen) atoms. The molecule has 0 N–H and O–H groups in total. The molecule has 0 aliphatic rings. The smallest absolute Gasteiger partial charge is 0.264 e. The van der Waals surface area contributed by atoms with Crippen molar-refractivity contribution in [3.8, 4) is 0 Å². The summed E-state index contributed by atoms with van der Waals surface area (Å²) in [7, 11) is -3.97. The van der Waals surface area contributed by atoms with E-state index in [1.807, 2.05) is 44.2 Å². The van der Waals surface area contributed by atoms with Gasteiger partial charge in [-0.25, -0.2) is 8.42 Å². The van der Waals surface area contributed by atoms with E-state index in [-0.39, 0.29) is 17.2 Å². The lowest BCUT2D eigenvalue weighted by Gasteiger charge is -2.27. The molecule has 0 heterocycles. The molecule has 0 saturated heterocycles. The predicted molar refractivity (Wildman–Crippen MR) is 140 cm³/mol. The van der Waals surface area contributed by atoms with E-state index in [4.69, 9.17) is 0 Å². The summed E-state index contributed by atoms with van der Waals surface area (Å²) in [5.41, 5.74) is 3.93. The Morgan fingerprint density at radius 1 is 0.824 bits per heavy atom. The Bertz CT molecular complexity index is 1430. The summed E-state index contributed by atoms with van der Waals surface area (Å²) in [6, 6.07) is 28.4. The van der Waals surface area contributed by atoms with Crippen LogP contribution in [-0.4, -0.2) is 14.2 Å². The van der Waals surface area contributed by atoms with Gasteiger partial charge in [0.05, 0.1) is 17.1 Å². The van der Waals surface area contributed by atoms with Gasteiger partial charge in [0.1, 0.15) is 0 Å². The van der Waals surface area contributed by atoms with Crippen molar-refractivity contribution in [1.82, 2.24) is 0 Å². The van der Waals surface area contributed by atoms with Crippen molar-refractivity contribution in [1.29, 1.82) is 0 Å². The minimum Gasteiger partial charge on any atom is -0.289 e. The zero-order valence-corrected chi connectivity index (χ0v) is 21.3. The molecule has 0 spiro atoms. The van der Waals surface area contributed by atoms with Gasteiger partial charge in [-0.15, -0.1) is 0 Å². The highest BCUT2D eigenvalue weighted by atomic mass is 79.9. The van der Waals surface area contributed by atoms with E-state index in [1.165, 1.54) is 4.31 Å². The van der Waals surface area contributed by atoms with E-state index in [2.05, 4.69) is 15.9 Å². The molecule has 0 aliphatic heterocycles. The fourth-order valence-electron chi connectivity index (χ4n) is 3.73. The number of anilines is 1. The first kappa shape index (κ1) is 23.9. The van der Waals surface area contributed by atoms with Crippen LogP contribution in [0.25, 0.3) is 0 Å². The number of halogens is 1. The second kappa shape index (κ2) is 9.95. The molecule has 0 bridgehead atoms. The van der Waals surface area contributed by atoms with Gasteiger partial charge in [-0.1, -0.05) is 88.2 Å². The summed E-state index contributed by atoms with van der Waals surface area (Å²) < 4.78 is 29.9. The second-order valence-corrected chi connectivity index (χ2v) is 10.9. The number of sulfonamides is 1. The molecule has 4 aromatic carbocycles. The molecule has 0 radical (unpaired) electrons. The Hall–Kier alpha value is -3.22. The fraction of sp³-hybridized carbons (Fsp3) is 0.107. The van der Waals surface area contributed by atoms with Crippen LogP contribution < -0.4 is 4.31 Å². The molecule has 6 heteroatoms. The fourth-order valence-corrected chi connectivity index (χ4v) is 5.55. The quantitative estimate of drug-likeness (QED) is 0.248. The van der Waals surface area contributed by atoms with Crippen LogP contribution in [0.1, 0.15) is 32.6 Å². The first-order valence-electron chi connectivity index (χ1n) is 10.8. The van der Waals surface area contributed by atoms with Gasteiger partial charge in [-0.2, -0.15) is 0 Å². The maximum absolute atomic E-state index is 14.0. The number of carbonyl (C=O) groups excluding carboxylic acids is 1. The molecule has 0 aromatic heterocycles. The summed E-state index contributed by atoms with van der Waals surface area (Å²) in [4.78, 5) is 13.7. The number of aryl methyl sites for hydroxylation is 2. The largest absolute Gasteiger partial charge is 0.289 e. The van der Waals surface area contributed by atoms with Gasteiger partial charge >= 0.3 is 0 Å². The minimum atomic E-state index is -3.97. The number of carbonyl (C=O) groups is 1. The van der Waals surface area contributed by atoms with Gasteiger partial charge in [-0.05, 0) is 55.3 Å². The summed E-state index contributed by atoms with van der Waals surface area (Å²) >= 11 is 3.45. The highest BCUT2D eigenvalue weighted by Gasteiger charge is 2.29. The Labute approximate surface area is 209 Å². The average molecular weight is 534 g/mol. The maximum Gasteiger partial charge on any atom is 0.264 e. The van der Waals surface area contributed by atoms with Crippen molar-refractivity contribution < 1.29 is 13.2 Å². The van der Waals surface area contributed by atoms with Crippen molar-refractivity contribution in [2.24, 2.45) is 0 Å². The monoisotopic (exact) mass is 533 g/mol. The lowest BCUT2D eigenvalue weighted by molar-refractivity contribution is 0.103. The molecule has 0 atom stereocenters. The summed E-state index contributed by atoms with van der Waals surface area (Å²) in [6.07, 6.45) is 0. The van der Waals surface area contributed by atoms with Crippen LogP contribution in [-0.2, 0) is 16.6 Å². The molecule has 0 unspecified atom stereocenters. The molecule has 172 valence electrons. The maximum atomic E-state index is 14.0. The normalized spacial score (nSPS) is 11.3. The number of ketones is 1. The Morgan fingerprint density at radius 3 is 2.15 bits per heavy atom. The molecule has 4 nitrogen and oxygen atoms in total. The van der Waals surface area contributed by atoms with E-state index in [0.29, 0.717) is 21.3 Å². The van der Waals surface area contributed by atoms with Gasteiger partial charge in [0.25, 0.3) is 10.0 Å². The number of hydrogen-bond donors (Lipinski definition) is 0. The first-order chi connectivity index (χ1) is 16.3. The number of benzene rings is 4. The summed E-state index contributed by atoms with van der Waals surface area (Å²) in [5, 5.41) is 0. The van der Waals surface area contributed by atoms with Crippen LogP contribution in [0.15, 0.2) is 106 Å². The Balaban J connectivity index is 1.91. The zero-order chi connectivity index (χ0) is 24.3.